The van der Waals surface area contributed by atoms with Gasteiger partial charge in [-0.2, -0.15) is 0 Å². The molecular weight excluding hydrogens is 184 g/mol. The van der Waals surface area contributed by atoms with Crippen LogP contribution in [0.15, 0.2) is 0 Å². The van der Waals surface area contributed by atoms with E-state index in [9.17, 15) is 8.78 Å². The first kappa shape index (κ1) is 8.70. The summed E-state index contributed by atoms with van der Waals surface area (Å²) in [6.07, 6.45) is 2.62. The van der Waals surface area contributed by atoms with E-state index >= 15 is 0 Å². The molecule has 2 spiro atoms. The van der Waals surface area contributed by atoms with Crippen LogP contribution in [0.4, 0.5) is 8.78 Å². The first-order chi connectivity index (χ1) is 5.06. The Balaban J connectivity index is 0.000000563. The highest BCUT2D eigenvalue weighted by Gasteiger charge is 2.97. The lowest BCUT2D eigenvalue weighted by molar-refractivity contribution is 0.0193. The third-order valence-electron chi connectivity index (χ3n) is 4.03. The van der Waals surface area contributed by atoms with Crippen LogP contribution in [0.1, 0.15) is 25.7 Å². The van der Waals surface area contributed by atoms with Gasteiger partial charge in [-0.3, -0.25) is 0 Å². The van der Waals surface area contributed by atoms with Crippen molar-refractivity contribution in [3.63, 3.8) is 0 Å². The van der Waals surface area contributed by atoms with Gasteiger partial charge in [-0.1, -0.05) is 0 Å². The molecule has 0 aliphatic heterocycles. The van der Waals surface area contributed by atoms with E-state index in [0.717, 1.165) is 12.8 Å². The van der Waals surface area contributed by atoms with Crippen molar-refractivity contribution in [2.75, 3.05) is 0 Å². The van der Waals surface area contributed by atoms with Gasteiger partial charge in [0.15, 0.2) is 0 Å². The summed E-state index contributed by atoms with van der Waals surface area (Å²) in [6, 6.07) is 0.0563. The number of alkyl halides is 2. The first-order valence-electron chi connectivity index (χ1n) is 4.19. The van der Waals surface area contributed by atoms with E-state index in [2.05, 4.69) is 0 Å². The van der Waals surface area contributed by atoms with Crippen molar-refractivity contribution in [3.8, 4) is 0 Å². The van der Waals surface area contributed by atoms with Crippen LogP contribution in [0, 0.1) is 10.8 Å². The molecule has 3 rings (SSSR count). The Hall–Kier alpha value is 0.110. The van der Waals surface area contributed by atoms with E-state index in [0.29, 0.717) is 12.8 Å². The van der Waals surface area contributed by atoms with Crippen molar-refractivity contribution in [1.29, 1.82) is 0 Å². The third kappa shape index (κ3) is 0.522. The minimum absolute atomic E-state index is 0. The van der Waals surface area contributed by atoms with Crippen molar-refractivity contribution < 1.29 is 8.78 Å². The lowest BCUT2D eigenvalue weighted by Crippen LogP contribution is -2.41. The molecule has 3 saturated carbocycles. The minimum Gasteiger partial charge on any atom is -0.328 e. The smallest absolute Gasteiger partial charge is 0.260 e. The van der Waals surface area contributed by atoms with Crippen molar-refractivity contribution in [2.45, 2.75) is 37.6 Å². The highest BCUT2D eigenvalue weighted by atomic mass is 35.5. The molecule has 0 unspecified atom stereocenters. The Kier molecular flexibility index (Phi) is 1.31. The van der Waals surface area contributed by atoms with Crippen LogP contribution in [0.5, 0.6) is 0 Å². The van der Waals surface area contributed by atoms with Crippen LogP contribution < -0.4 is 5.73 Å². The van der Waals surface area contributed by atoms with Gasteiger partial charge < -0.3 is 5.73 Å². The number of hydrogen-bond donors (Lipinski definition) is 1. The van der Waals surface area contributed by atoms with Crippen molar-refractivity contribution in [3.05, 3.63) is 0 Å². The Morgan fingerprint density at radius 1 is 1.08 bits per heavy atom. The number of fused-ring (bicyclic) bond motifs is 1. The van der Waals surface area contributed by atoms with Crippen LogP contribution in [0.3, 0.4) is 0 Å². The van der Waals surface area contributed by atoms with E-state index in [4.69, 9.17) is 5.73 Å². The normalized spacial score (nSPS) is 49.8. The fraction of sp³-hybridized carbons (Fsp3) is 1.00. The molecule has 1 nitrogen and oxygen atoms in total. The molecule has 3 aliphatic carbocycles. The lowest BCUT2D eigenvalue weighted by atomic mass is 9.74. The van der Waals surface area contributed by atoms with Gasteiger partial charge in [-0.15, -0.1) is 12.4 Å². The van der Waals surface area contributed by atoms with Crippen LogP contribution in [-0.2, 0) is 0 Å². The third-order valence-corrected chi connectivity index (χ3v) is 4.03. The maximum Gasteiger partial charge on any atom is 0.260 e. The molecule has 3 fully saturated rings. The molecular formula is C8H12ClF2N. The minimum atomic E-state index is -2.35. The maximum absolute atomic E-state index is 13.2. The van der Waals surface area contributed by atoms with Gasteiger partial charge in [0.1, 0.15) is 0 Å². The van der Waals surface area contributed by atoms with Gasteiger partial charge in [0.05, 0.1) is 0 Å². The van der Waals surface area contributed by atoms with E-state index in [-0.39, 0.29) is 18.4 Å². The second kappa shape index (κ2) is 1.80. The maximum atomic E-state index is 13.2. The fourth-order valence-electron chi connectivity index (χ4n) is 3.14. The summed E-state index contributed by atoms with van der Waals surface area (Å²) in [6.45, 7) is 0. The second-order valence-corrected chi connectivity index (χ2v) is 4.41. The van der Waals surface area contributed by atoms with Crippen LogP contribution >= 0.6 is 12.4 Å². The summed E-state index contributed by atoms with van der Waals surface area (Å²) in [5.41, 5.74) is 4.37. The molecule has 12 heavy (non-hydrogen) atoms. The van der Waals surface area contributed by atoms with Crippen LogP contribution in [0.2, 0.25) is 0 Å². The molecule has 0 aromatic rings. The van der Waals surface area contributed by atoms with E-state index < -0.39 is 16.8 Å². The van der Waals surface area contributed by atoms with Crippen molar-refractivity contribution >= 4 is 12.4 Å². The van der Waals surface area contributed by atoms with Crippen molar-refractivity contribution in [2.24, 2.45) is 16.6 Å². The summed E-state index contributed by atoms with van der Waals surface area (Å²) in [5.74, 6) is -2.35. The van der Waals surface area contributed by atoms with E-state index in [1.807, 2.05) is 0 Å². The zero-order valence-electron chi connectivity index (χ0n) is 6.65. The van der Waals surface area contributed by atoms with Crippen LogP contribution in [0.25, 0.3) is 0 Å². The standard InChI is InChI=1S/C8H11F2N.ClH/c9-8(10)6(1-2-6)7(8)3-5(11)4-7;/h5H,1-4,11H2;1H. The Labute approximate surface area is 76.1 Å². The molecule has 0 saturated heterocycles. The molecule has 70 valence electrons. The molecule has 3 aliphatic rings. The summed E-state index contributed by atoms with van der Waals surface area (Å²) in [7, 11) is 0. The molecule has 2 N–H and O–H groups in total. The zero-order valence-corrected chi connectivity index (χ0v) is 7.46. The average Bonchev–Trinajstić information content (AvgIpc) is 2.64. The van der Waals surface area contributed by atoms with Gasteiger partial charge in [0.2, 0.25) is 0 Å². The Morgan fingerprint density at radius 3 is 1.83 bits per heavy atom. The first-order valence-corrected chi connectivity index (χ1v) is 4.19. The molecule has 0 heterocycles. The molecule has 0 aromatic carbocycles. The monoisotopic (exact) mass is 195 g/mol. The summed E-state index contributed by atoms with van der Waals surface area (Å²) in [4.78, 5) is 0. The summed E-state index contributed by atoms with van der Waals surface area (Å²) < 4.78 is 26.4. The van der Waals surface area contributed by atoms with Gasteiger partial charge in [-0.05, 0) is 25.7 Å². The number of rotatable bonds is 0. The molecule has 0 atom stereocenters. The zero-order chi connectivity index (χ0) is 7.91. The van der Waals surface area contributed by atoms with Crippen molar-refractivity contribution in [1.82, 2.24) is 0 Å². The number of nitrogens with two attached hydrogens (primary N) is 1. The van der Waals surface area contributed by atoms with Gasteiger partial charge in [-0.25, -0.2) is 8.78 Å². The average molecular weight is 196 g/mol. The highest BCUT2D eigenvalue weighted by molar-refractivity contribution is 5.85. The largest absolute Gasteiger partial charge is 0.328 e. The quantitative estimate of drug-likeness (QED) is 0.628. The van der Waals surface area contributed by atoms with E-state index in [1.54, 1.807) is 0 Å². The van der Waals surface area contributed by atoms with Gasteiger partial charge in [0.25, 0.3) is 5.92 Å². The predicted octanol–water partition coefficient (Wildman–Crippen LogP) is 1.94. The predicted molar refractivity (Wildman–Crippen MR) is 43.5 cm³/mol. The number of hydrogen-bond acceptors (Lipinski definition) is 1. The molecule has 0 aromatic heterocycles. The van der Waals surface area contributed by atoms with Gasteiger partial charge in [0, 0.05) is 16.9 Å². The molecule has 4 heteroatoms. The summed E-state index contributed by atoms with van der Waals surface area (Å²) >= 11 is 0. The lowest BCUT2D eigenvalue weighted by Gasteiger charge is -2.33. The molecule has 0 bridgehead atoms. The second-order valence-electron chi connectivity index (χ2n) is 4.41. The van der Waals surface area contributed by atoms with Crippen LogP contribution in [-0.4, -0.2) is 12.0 Å². The SMILES string of the molecule is Cl.NC1CC2(C1)C(F)(F)C21CC1. The Bertz CT molecular complexity index is 225. The van der Waals surface area contributed by atoms with Gasteiger partial charge >= 0.3 is 0 Å². The van der Waals surface area contributed by atoms with E-state index in [1.165, 1.54) is 0 Å². The Morgan fingerprint density at radius 2 is 1.58 bits per heavy atom. The topological polar surface area (TPSA) is 26.0 Å². The highest BCUT2D eigenvalue weighted by Crippen LogP contribution is 2.92. The molecule has 0 radical (unpaired) electrons. The molecule has 0 amide bonds. The number of halogens is 3. The summed E-state index contributed by atoms with van der Waals surface area (Å²) in [5, 5.41) is 0. The fourth-order valence-corrected chi connectivity index (χ4v) is 3.14.